The van der Waals surface area contributed by atoms with Gasteiger partial charge in [0, 0.05) is 11.8 Å². The molecule has 0 unspecified atom stereocenters. The van der Waals surface area contributed by atoms with Crippen molar-refractivity contribution in [1.29, 1.82) is 0 Å². The summed E-state index contributed by atoms with van der Waals surface area (Å²) in [5, 5.41) is 6.94. The first kappa shape index (κ1) is 20.2. The number of hydrogen-bond acceptors (Lipinski definition) is 6. The number of benzene rings is 1. The predicted octanol–water partition coefficient (Wildman–Crippen LogP) is 4.86. The van der Waals surface area contributed by atoms with E-state index in [4.69, 9.17) is 15.6 Å². The fourth-order valence-electron chi connectivity index (χ4n) is 2.42. The average Bonchev–Trinajstić information content (AvgIpc) is 3.30. The number of hydrogen-bond donors (Lipinski definition) is 0. The predicted molar refractivity (Wildman–Crippen MR) is 84.6 cm³/mol. The minimum atomic E-state index is -4.91. The molecule has 0 amide bonds. The minimum Gasteiger partial charge on any atom is -0.355 e. The quantitative estimate of drug-likeness (QED) is 0.436. The zero-order chi connectivity index (χ0) is 21.2. The van der Waals surface area contributed by atoms with E-state index >= 15 is 0 Å². The number of anilines is 1. The summed E-state index contributed by atoms with van der Waals surface area (Å²) in [6.07, 6.45) is -8.35. The van der Waals surface area contributed by atoms with E-state index in [0.717, 1.165) is 12.1 Å². The van der Waals surface area contributed by atoms with Crippen LogP contribution in [0.2, 0.25) is 0 Å². The van der Waals surface area contributed by atoms with Gasteiger partial charge in [0.1, 0.15) is 6.54 Å². The number of rotatable bonds is 5. The summed E-state index contributed by atoms with van der Waals surface area (Å²) in [6.45, 7) is 4.64. The van der Waals surface area contributed by atoms with Gasteiger partial charge in [0.15, 0.2) is 11.5 Å². The van der Waals surface area contributed by atoms with Gasteiger partial charge in [-0.1, -0.05) is 16.4 Å². The highest BCUT2D eigenvalue weighted by molar-refractivity contribution is 5.62. The lowest BCUT2D eigenvalue weighted by Crippen LogP contribution is -2.34. The van der Waals surface area contributed by atoms with Crippen LogP contribution in [0.3, 0.4) is 0 Å². The van der Waals surface area contributed by atoms with E-state index in [-0.39, 0.29) is 17.5 Å². The Morgan fingerprint density at radius 3 is 2.41 bits per heavy atom. The lowest BCUT2D eigenvalue weighted by molar-refractivity contribution is -0.136. The highest BCUT2D eigenvalue weighted by atomic mass is 19.4. The molecule has 3 aromatic rings. The van der Waals surface area contributed by atoms with Crippen molar-refractivity contribution >= 4 is 11.4 Å². The fraction of sp³-hybridized carbons (Fsp3) is 0.250. The molecule has 2 aromatic heterocycles. The summed E-state index contributed by atoms with van der Waals surface area (Å²) in [7, 11) is 0. The summed E-state index contributed by atoms with van der Waals surface area (Å²) in [6, 6.07) is 3.66. The van der Waals surface area contributed by atoms with Crippen molar-refractivity contribution in [2.45, 2.75) is 18.9 Å². The smallest absolute Gasteiger partial charge is 0.355 e. The third-order valence-corrected chi connectivity index (χ3v) is 3.59. The van der Waals surface area contributed by atoms with Crippen LogP contribution in [0.5, 0.6) is 0 Å². The Morgan fingerprint density at radius 2 is 1.83 bits per heavy atom. The second-order valence-corrected chi connectivity index (χ2v) is 5.67. The topological polar surface area (TPSA) is 72.6 Å². The molecule has 2 heterocycles. The number of alkyl halides is 6. The van der Waals surface area contributed by atoms with E-state index < -0.39 is 42.4 Å². The molecule has 0 fully saturated rings. The van der Waals surface area contributed by atoms with Gasteiger partial charge in [0.25, 0.3) is 5.89 Å². The van der Waals surface area contributed by atoms with Crippen LogP contribution < -0.4 is 4.90 Å². The standard InChI is InChI=1S/C16H9F6N5O2/c1-23-11-3-2-9(6-10(11)16(20,21)22)27(8-15(17,18)19)7-13-25-14(29-26-13)12-4-5-24-28-12/h2-6H,7-8H2. The molecule has 13 heteroatoms. The van der Waals surface area contributed by atoms with Crippen molar-refractivity contribution in [1.82, 2.24) is 15.3 Å². The molecule has 0 aliphatic carbocycles. The number of nitrogens with zero attached hydrogens (tertiary/aromatic N) is 5. The summed E-state index contributed by atoms with van der Waals surface area (Å²) in [5.41, 5.74) is -2.47. The van der Waals surface area contributed by atoms with Gasteiger partial charge in [-0.05, 0) is 12.1 Å². The van der Waals surface area contributed by atoms with Crippen LogP contribution in [0.15, 0.2) is 39.5 Å². The molecule has 7 nitrogen and oxygen atoms in total. The largest absolute Gasteiger partial charge is 0.407 e. The second-order valence-electron chi connectivity index (χ2n) is 5.67. The molecule has 3 rings (SSSR count). The van der Waals surface area contributed by atoms with Crippen LogP contribution in [-0.4, -0.2) is 28.0 Å². The normalized spacial score (nSPS) is 12.0. The third kappa shape index (κ3) is 4.84. The van der Waals surface area contributed by atoms with Gasteiger partial charge in [0.05, 0.1) is 24.9 Å². The summed E-state index contributed by atoms with van der Waals surface area (Å²) < 4.78 is 88.2. The van der Waals surface area contributed by atoms with Gasteiger partial charge in [-0.15, -0.1) is 0 Å². The van der Waals surface area contributed by atoms with Crippen molar-refractivity contribution in [2.24, 2.45) is 0 Å². The number of aromatic nitrogens is 3. The van der Waals surface area contributed by atoms with Gasteiger partial charge in [-0.3, -0.25) is 0 Å². The van der Waals surface area contributed by atoms with Gasteiger partial charge in [-0.2, -0.15) is 31.3 Å². The maximum Gasteiger partial charge on any atom is 0.407 e. The van der Waals surface area contributed by atoms with Crippen LogP contribution in [-0.2, 0) is 12.7 Å². The molecule has 0 N–H and O–H groups in total. The van der Waals surface area contributed by atoms with E-state index in [1.54, 1.807) is 0 Å². The SMILES string of the molecule is [C-]#[N+]c1ccc(N(Cc2noc(-c3ccno3)n2)CC(F)(F)F)cc1C(F)(F)F. The molecule has 0 saturated heterocycles. The van der Waals surface area contributed by atoms with Crippen LogP contribution in [0.25, 0.3) is 16.5 Å². The van der Waals surface area contributed by atoms with Crippen molar-refractivity contribution < 1.29 is 35.4 Å². The molecule has 0 radical (unpaired) electrons. The van der Waals surface area contributed by atoms with E-state index in [9.17, 15) is 26.3 Å². The van der Waals surface area contributed by atoms with Crippen LogP contribution >= 0.6 is 0 Å². The maximum atomic E-state index is 13.2. The first-order valence-electron chi connectivity index (χ1n) is 7.71. The Labute approximate surface area is 158 Å². The lowest BCUT2D eigenvalue weighted by atomic mass is 10.1. The lowest BCUT2D eigenvalue weighted by Gasteiger charge is -2.25. The Hall–Kier alpha value is -3.56. The van der Waals surface area contributed by atoms with Gasteiger partial charge in [-0.25, -0.2) is 4.85 Å². The van der Waals surface area contributed by atoms with E-state index in [2.05, 4.69) is 20.1 Å². The minimum absolute atomic E-state index is 0.0758. The van der Waals surface area contributed by atoms with E-state index in [0.29, 0.717) is 11.0 Å². The monoisotopic (exact) mass is 417 g/mol. The van der Waals surface area contributed by atoms with Gasteiger partial charge >= 0.3 is 12.4 Å². The molecule has 0 spiro atoms. The highest BCUT2D eigenvalue weighted by Crippen LogP contribution is 2.39. The molecule has 0 aliphatic rings. The maximum absolute atomic E-state index is 13.2. The second kappa shape index (κ2) is 7.46. The first-order chi connectivity index (χ1) is 13.6. The molecule has 1 aromatic carbocycles. The van der Waals surface area contributed by atoms with E-state index in [1.165, 1.54) is 12.3 Å². The van der Waals surface area contributed by atoms with Crippen LogP contribution in [0.1, 0.15) is 11.4 Å². The van der Waals surface area contributed by atoms with Crippen LogP contribution in [0, 0.1) is 6.57 Å². The molecular weight excluding hydrogens is 408 g/mol. The fourth-order valence-corrected chi connectivity index (χ4v) is 2.42. The summed E-state index contributed by atoms with van der Waals surface area (Å²) >= 11 is 0. The van der Waals surface area contributed by atoms with Crippen molar-refractivity contribution in [3.05, 3.63) is 53.3 Å². The molecule has 29 heavy (non-hydrogen) atoms. The van der Waals surface area contributed by atoms with Crippen molar-refractivity contribution in [3.63, 3.8) is 0 Å². The summed E-state index contributed by atoms with van der Waals surface area (Å²) in [4.78, 5) is 7.22. The molecule has 0 bridgehead atoms. The Bertz CT molecular complexity index is 1020. The Morgan fingerprint density at radius 1 is 1.07 bits per heavy atom. The van der Waals surface area contributed by atoms with Crippen LogP contribution in [0.4, 0.5) is 37.7 Å². The van der Waals surface area contributed by atoms with E-state index in [1.807, 2.05) is 0 Å². The first-order valence-corrected chi connectivity index (χ1v) is 7.71. The zero-order valence-corrected chi connectivity index (χ0v) is 14.1. The van der Waals surface area contributed by atoms with Crippen molar-refractivity contribution in [3.8, 4) is 11.7 Å². The average molecular weight is 417 g/mol. The zero-order valence-electron chi connectivity index (χ0n) is 14.1. The number of halogens is 6. The van der Waals surface area contributed by atoms with Crippen molar-refractivity contribution in [2.75, 3.05) is 11.4 Å². The van der Waals surface area contributed by atoms with Gasteiger partial charge in [0.2, 0.25) is 5.76 Å². The van der Waals surface area contributed by atoms with Gasteiger partial charge < -0.3 is 13.9 Å². The summed E-state index contributed by atoms with van der Waals surface area (Å²) in [5.74, 6) is -0.292. The Balaban J connectivity index is 1.95. The molecule has 0 saturated carbocycles. The Kier molecular flexibility index (Phi) is 5.19. The molecule has 152 valence electrons. The third-order valence-electron chi connectivity index (χ3n) is 3.59. The molecular formula is C16H9F6N5O2. The molecule has 0 aliphatic heterocycles. The highest BCUT2D eigenvalue weighted by Gasteiger charge is 2.36. The molecule has 0 atom stereocenters.